The maximum absolute atomic E-state index is 12.5. The molecule has 2 aromatic heterocycles. The van der Waals surface area contributed by atoms with Gasteiger partial charge in [-0.25, -0.2) is 4.79 Å². The fourth-order valence-electron chi connectivity index (χ4n) is 3.39. The minimum atomic E-state index is -0.344. The highest BCUT2D eigenvalue weighted by Gasteiger charge is 2.29. The summed E-state index contributed by atoms with van der Waals surface area (Å²) in [6.45, 7) is 5.08. The molecule has 0 spiro atoms. The number of anilines is 1. The molecule has 0 saturated heterocycles. The summed E-state index contributed by atoms with van der Waals surface area (Å²) in [6.07, 6.45) is 4.47. The number of esters is 1. The van der Waals surface area contributed by atoms with E-state index < -0.39 is 0 Å². The largest absolute Gasteiger partial charge is 0.468 e. The molecule has 6 nitrogen and oxygen atoms in total. The van der Waals surface area contributed by atoms with E-state index in [1.807, 2.05) is 24.1 Å². The molecule has 0 saturated carbocycles. The average Bonchev–Trinajstić information content (AvgIpc) is 3.21. The van der Waals surface area contributed by atoms with Gasteiger partial charge in [0.15, 0.2) is 0 Å². The molecule has 2 aromatic rings. The molecular weight excluding hydrogens is 364 g/mol. The monoisotopic (exact) mass is 390 g/mol. The zero-order valence-electron chi connectivity index (χ0n) is 16.0. The molecule has 1 unspecified atom stereocenters. The van der Waals surface area contributed by atoms with Crippen LogP contribution >= 0.6 is 11.3 Å². The lowest BCUT2D eigenvalue weighted by Gasteiger charge is -2.18. The van der Waals surface area contributed by atoms with E-state index in [1.165, 1.54) is 16.2 Å². The van der Waals surface area contributed by atoms with Crippen molar-refractivity contribution in [2.24, 2.45) is 5.92 Å². The summed E-state index contributed by atoms with van der Waals surface area (Å²) in [6, 6.07) is 3.70. The average molecular weight is 391 g/mol. The second kappa shape index (κ2) is 8.71. The van der Waals surface area contributed by atoms with Crippen molar-refractivity contribution in [2.45, 2.75) is 39.7 Å². The van der Waals surface area contributed by atoms with Crippen molar-refractivity contribution in [1.29, 1.82) is 0 Å². The van der Waals surface area contributed by atoms with Crippen LogP contribution in [0, 0.1) is 5.92 Å². The van der Waals surface area contributed by atoms with Crippen LogP contribution in [0.2, 0.25) is 0 Å². The zero-order chi connectivity index (χ0) is 19.4. The summed E-state index contributed by atoms with van der Waals surface area (Å²) in [4.78, 5) is 28.1. The lowest BCUT2D eigenvalue weighted by atomic mass is 9.88. The van der Waals surface area contributed by atoms with Crippen LogP contribution in [0.4, 0.5) is 5.00 Å². The number of nitrogens with one attached hydrogen (secondary N) is 1. The van der Waals surface area contributed by atoms with Crippen molar-refractivity contribution in [3.8, 4) is 0 Å². The van der Waals surface area contributed by atoms with Crippen LogP contribution < -0.4 is 5.32 Å². The Morgan fingerprint density at radius 2 is 2.26 bits per heavy atom. The number of furan rings is 1. The van der Waals surface area contributed by atoms with Gasteiger partial charge in [0.1, 0.15) is 10.8 Å². The van der Waals surface area contributed by atoms with Crippen LogP contribution in [-0.2, 0) is 28.9 Å². The van der Waals surface area contributed by atoms with E-state index in [0.29, 0.717) is 29.6 Å². The fourth-order valence-corrected chi connectivity index (χ4v) is 4.81. The topological polar surface area (TPSA) is 71.8 Å². The molecule has 1 aliphatic rings. The Balaban J connectivity index is 1.73. The van der Waals surface area contributed by atoms with Crippen LogP contribution in [0.3, 0.4) is 0 Å². The normalized spacial score (nSPS) is 16.2. The summed E-state index contributed by atoms with van der Waals surface area (Å²) >= 11 is 1.51. The van der Waals surface area contributed by atoms with E-state index in [-0.39, 0.29) is 18.4 Å². The van der Waals surface area contributed by atoms with Gasteiger partial charge in [-0.3, -0.25) is 9.69 Å². The van der Waals surface area contributed by atoms with Crippen molar-refractivity contribution in [3.05, 3.63) is 40.2 Å². The van der Waals surface area contributed by atoms with E-state index >= 15 is 0 Å². The van der Waals surface area contributed by atoms with Crippen molar-refractivity contribution < 1.29 is 18.7 Å². The molecule has 1 N–H and O–H groups in total. The summed E-state index contributed by atoms with van der Waals surface area (Å²) in [5, 5.41) is 3.55. The molecule has 0 aliphatic heterocycles. The third-order valence-electron chi connectivity index (χ3n) is 4.66. The second-order valence-electron chi connectivity index (χ2n) is 7.08. The van der Waals surface area contributed by atoms with Crippen molar-refractivity contribution in [2.75, 3.05) is 25.5 Å². The number of thiophene rings is 1. The summed E-state index contributed by atoms with van der Waals surface area (Å²) in [5.74, 6) is 0.900. The zero-order valence-corrected chi connectivity index (χ0v) is 16.9. The predicted molar refractivity (Wildman–Crippen MR) is 105 cm³/mol. The fraction of sp³-hybridized carbons (Fsp3) is 0.500. The van der Waals surface area contributed by atoms with Gasteiger partial charge in [-0.15, -0.1) is 11.3 Å². The van der Waals surface area contributed by atoms with Crippen LogP contribution in [0.15, 0.2) is 22.8 Å². The summed E-state index contributed by atoms with van der Waals surface area (Å²) < 4.78 is 10.6. The molecule has 146 valence electrons. The van der Waals surface area contributed by atoms with Gasteiger partial charge in [-0.05, 0) is 56.8 Å². The molecule has 3 rings (SSSR count). The van der Waals surface area contributed by atoms with Crippen molar-refractivity contribution >= 4 is 28.2 Å². The Labute approximate surface area is 163 Å². The Bertz CT molecular complexity index is 797. The van der Waals surface area contributed by atoms with Gasteiger partial charge in [0.05, 0.1) is 31.5 Å². The van der Waals surface area contributed by atoms with Gasteiger partial charge in [-0.2, -0.15) is 0 Å². The minimum absolute atomic E-state index is 0.152. The Morgan fingerprint density at radius 3 is 2.96 bits per heavy atom. The number of rotatable bonds is 7. The van der Waals surface area contributed by atoms with Gasteiger partial charge >= 0.3 is 5.97 Å². The first-order valence-electron chi connectivity index (χ1n) is 9.30. The number of hydrogen-bond acceptors (Lipinski definition) is 6. The molecule has 0 bridgehead atoms. The number of ether oxygens (including phenoxy) is 1. The standard InChI is InChI=1S/C20H26N2O4S/c1-4-25-20(24)18-15-8-7-13(2)10-16(15)27-19(18)21-17(23)12-22(3)11-14-6-5-9-26-14/h5-6,9,13H,4,7-8,10-12H2,1-3H3,(H,21,23). The number of fused-ring (bicyclic) bond motifs is 1. The van der Waals surface area contributed by atoms with Gasteiger partial charge in [-0.1, -0.05) is 6.92 Å². The molecular formula is C20H26N2O4S. The molecule has 7 heteroatoms. The smallest absolute Gasteiger partial charge is 0.341 e. The Morgan fingerprint density at radius 1 is 1.44 bits per heavy atom. The highest BCUT2D eigenvalue weighted by molar-refractivity contribution is 7.17. The second-order valence-corrected chi connectivity index (χ2v) is 8.18. The third kappa shape index (κ3) is 4.78. The molecule has 1 aliphatic carbocycles. The summed E-state index contributed by atoms with van der Waals surface area (Å²) in [7, 11) is 1.86. The quantitative estimate of drug-likeness (QED) is 0.730. The molecule has 0 aromatic carbocycles. The number of amides is 1. The van der Waals surface area contributed by atoms with Crippen LogP contribution in [0.25, 0.3) is 0 Å². The number of carbonyl (C=O) groups is 2. The summed E-state index contributed by atoms with van der Waals surface area (Å²) in [5.41, 5.74) is 1.60. The number of carbonyl (C=O) groups excluding carboxylic acids is 2. The maximum Gasteiger partial charge on any atom is 0.341 e. The van der Waals surface area contributed by atoms with Crippen molar-refractivity contribution in [1.82, 2.24) is 4.90 Å². The maximum atomic E-state index is 12.5. The van der Waals surface area contributed by atoms with Crippen LogP contribution in [0.1, 0.15) is 46.8 Å². The van der Waals surface area contributed by atoms with E-state index in [0.717, 1.165) is 30.6 Å². The third-order valence-corrected chi connectivity index (χ3v) is 5.83. The van der Waals surface area contributed by atoms with E-state index in [2.05, 4.69) is 12.2 Å². The molecule has 2 heterocycles. The van der Waals surface area contributed by atoms with Gasteiger partial charge < -0.3 is 14.5 Å². The first-order chi connectivity index (χ1) is 13.0. The van der Waals surface area contributed by atoms with Gasteiger partial charge in [0.25, 0.3) is 0 Å². The minimum Gasteiger partial charge on any atom is -0.468 e. The SMILES string of the molecule is CCOC(=O)c1c(NC(=O)CN(C)Cc2ccco2)sc2c1CCC(C)C2. The Hall–Kier alpha value is -2.12. The predicted octanol–water partition coefficient (Wildman–Crippen LogP) is 3.71. The van der Waals surface area contributed by atoms with Gasteiger partial charge in [0, 0.05) is 4.88 Å². The molecule has 27 heavy (non-hydrogen) atoms. The van der Waals surface area contributed by atoms with E-state index in [4.69, 9.17) is 9.15 Å². The molecule has 1 atom stereocenters. The lowest BCUT2D eigenvalue weighted by Crippen LogP contribution is -2.30. The first kappa shape index (κ1) is 19.6. The Kier molecular flexibility index (Phi) is 6.34. The van der Waals surface area contributed by atoms with E-state index in [9.17, 15) is 9.59 Å². The van der Waals surface area contributed by atoms with Crippen LogP contribution in [0.5, 0.6) is 0 Å². The molecule has 1 amide bonds. The van der Waals surface area contributed by atoms with E-state index in [1.54, 1.807) is 13.2 Å². The number of hydrogen-bond donors (Lipinski definition) is 1. The number of nitrogens with zero attached hydrogens (tertiary/aromatic N) is 1. The van der Waals surface area contributed by atoms with Gasteiger partial charge in [0.2, 0.25) is 5.91 Å². The number of likely N-dealkylation sites (N-methyl/N-ethyl adjacent to an activating group) is 1. The molecule has 0 radical (unpaired) electrons. The highest BCUT2D eigenvalue weighted by atomic mass is 32.1. The molecule has 0 fully saturated rings. The lowest BCUT2D eigenvalue weighted by molar-refractivity contribution is -0.117. The first-order valence-corrected chi connectivity index (χ1v) is 10.1. The highest BCUT2D eigenvalue weighted by Crippen LogP contribution is 2.40. The van der Waals surface area contributed by atoms with Crippen LogP contribution in [-0.4, -0.2) is 37.0 Å². The van der Waals surface area contributed by atoms with Crippen molar-refractivity contribution in [3.63, 3.8) is 0 Å².